The van der Waals surface area contributed by atoms with E-state index >= 15 is 0 Å². The second-order valence-corrected chi connectivity index (χ2v) is 11.0. The summed E-state index contributed by atoms with van der Waals surface area (Å²) in [4.78, 5) is 37.5. The van der Waals surface area contributed by atoms with E-state index in [-0.39, 0.29) is 11.7 Å². The minimum atomic E-state index is -3.79. The van der Waals surface area contributed by atoms with Gasteiger partial charge in [0.1, 0.15) is 18.1 Å². The van der Waals surface area contributed by atoms with Crippen LogP contribution in [0.1, 0.15) is 32.8 Å². The number of carbonyl (C=O) groups excluding carboxylic acids is 2. The molecule has 0 saturated carbocycles. The third kappa shape index (κ3) is 9.87. The summed E-state index contributed by atoms with van der Waals surface area (Å²) in [5.41, 5.74) is 1.11. The smallest absolute Gasteiger partial charge is 0.320 e. The third-order valence-electron chi connectivity index (χ3n) is 5.17. The molecular weight excluding hydrogens is 470 g/mol. The van der Waals surface area contributed by atoms with Gasteiger partial charge in [0, 0.05) is 5.69 Å². The van der Waals surface area contributed by atoms with Gasteiger partial charge in [-0.1, -0.05) is 62.4 Å². The molecule has 0 spiro atoms. The van der Waals surface area contributed by atoms with Crippen LogP contribution in [0.2, 0.25) is 0 Å². The number of hydrogen-bond donors (Lipinski definition) is 4. The quantitative estimate of drug-likeness (QED) is 0.328. The third-order valence-corrected chi connectivity index (χ3v) is 6.78. The van der Waals surface area contributed by atoms with E-state index < -0.39 is 51.5 Å². The topological polar surface area (TPSA) is 142 Å². The van der Waals surface area contributed by atoms with E-state index in [1.165, 1.54) is 6.92 Å². The average molecular weight is 504 g/mol. The second-order valence-electron chi connectivity index (χ2n) is 8.87. The summed E-state index contributed by atoms with van der Waals surface area (Å²) in [7, 11) is -3.79. The summed E-state index contributed by atoms with van der Waals surface area (Å²) in [6.07, 6.45) is 0.308. The van der Waals surface area contributed by atoms with Crippen LogP contribution in [0.25, 0.3) is 0 Å². The van der Waals surface area contributed by atoms with Crippen molar-refractivity contribution in [2.45, 2.75) is 51.1 Å². The van der Waals surface area contributed by atoms with Gasteiger partial charge in [0.25, 0.3) is 0 Å². The van der Waals surface area contributed by atoms with Crippen LogP contribution in [0, 0.1) is 5.92 Å². The Kier molecular flexibility index (Phi) is 10.4. The molecule has 4 N–H and O–H groups in total. The molecule has 35 heavy (non-hydrogen) atoms. The first kappa shape index (κ1) is 28.0. The first-order valence-corrected chi connectivity index (χ1v) is 13.2. The van der Waals surface area contributed by atoms with Gasteiger partial charge in [-0.05, 0) is 37.0 Å². The number of anilines is 1. The summed E-state index contributed by atoms with van der Waals surface area (Å²) in [5.74, 6) is -3.32. The number of para-hydroxylation sites is 1. The molecule has 2 aromatic rings. The lowest BCUT2D eigenvalue weighted by Gasteiger charge is -2.25. The molecule has 0 saturated heterocycles. The monoisotopic (exact) mass is 503 g/mol. The Bertz CT molecular complexity index is 1090. The Labute approximate surface area is 206 Å². The number of aliphatic carboxylic acids is 1. The molecule has 2 amide bonds. The van der Waals surface area contributed by atoms with Crippen molar-refractivity contribution in [3.63, 3.8) is 0 Å². The molecule has 0 fully saturated rings. The number of carboxylic acids is 1. The Balaban J connectivity index is 2.21. The van der Waals surface area contributed by atoms with E-state index in [0.29, 0.717) is 17.7 Å². The van der Waals surface area contributed by atoms with Crippen LogP contribution in [0.15, 0.2) is 60.7 Å². The van der Waals surface area contributed by atoms with Crippen LogP contribution >= 0.6 is 0 Å². The molecule has 0 heterocycles. The molecule has 0 aromatic heterocycles. The molecule has 2 rings (SSSR count). The number of nitrogens with one attached hydrogen (secondary N) is 3. The molecule has 0 aliphatic carbocycles. The van der Waals surface area contributed by atoms with Crippen LogP contribution in [0.3, 0.4) is 0 Å². The van der Waals surface area contributed by atoms with Gasteiger partial charge in [0.05, 0.1) is 11.5 Å². The summed E-state index contributed by atoms with van der Waals surface area (Å²) < 4.78 is 25.7. The maximum absolute atomic E-state index is 13.2. The molecule has 0 aliphatic heterocycles. The molecule has 2 aromatic carbocycles. The van der Waals surface area contributed by atoms with E-state index in [1.54, 1.807) is 60.7 Å². The van der Waals surface area contributed by atoms with Crippen molar-refractivity contribution in [3.05, 3.63) is 66.2 Å². The fourth-order valence-electron chi connectivity index (χ4n) is 3.44. The minimum Gasteiger partial charge on any atom is -0.480 e. The summed E-state index contributed by atoms with van der Waals surface area (Å²) in [6.45, 7) is 5.10. The number of amides is 2. The number of benzene rings is 2. The highest BCUT2D eigenvalue weighted by Crippen LogP contribution is 2.12. The van der Waals surface area contributed by atoms with Gasteiger partial charge in [-0.15, -0.1) is 0 Å². The van der Waals surface area contributed by atoms with E-state index in [4.69, 9.17) is 0 Å². The molecule has 0 aliphatic rings. The zero-order valence-corrected chi connectivity index (χ0v) is 20.9. The lowest BCUT2D eigenvalue weighted by molar-refractivity contribution is -0.139. The SMILES string of the molecule is CC(C)C[C@H](NC(=O)[C@@H](CS(=O)(=O)Cc1ccccc1)N[C@H](C)C(=O)O)C(=O)Nc1ccccc1. The van der Waals surface area contributed by atoms with Gasteiger partial charge in [-0.25, -0.2) is 8.42 Å². The Morgan fingerprint density at radius 1 is 0.857 bits per heavy atom. The van der Waals surface area contributed by atoms with Gasteiger partial charge in [-0.2, -0.15) is 0 Å². The zero-order chi connectivity index (χ0) is 26.0. The van der Waals surface area contributed by atoms with Gasteiger partial charge < -0.3 is 15.7 Å². The van der Waals surface area contributed by atoms with Crippen LogP contribution in [-0.2, 0) is 30.0 Å². The highest BCUT2D eigenvalue weighted by atomic mass is 32.2. The fourth-order valence-corrected chi connectivity index (χ4v) is 5.01. The van der Waals surface area contributed by atoms with E-state index in [1.807, 2.05) is 13.8 Å². The number of carboxylic acid groups (broad SMARTS) is 1. The summed E-state index contributed by atoms with van der Waals surface area (Å²) in [6, 6.07) is 13.8. The van der Waals surface area contributed by atoms with Crippen LogP contribution in [0.5, 0.6) is 0 Å². The molecule has 3 atom stereocenters. The largest absolute Gasteiger partial charge is 0.480 e. The Morgan fingerprint density at radius 3 is 1.97 bits per heavy atom. The van der Waals surface area contributed by atoms with Crippen molar-refractivity contribution in [1.82, 2.24) is 10.6 Å². The van der Waals surface area contributed by atoms with Crippen molar-refractivity contribution >= 4 is 33.3 Å². The van der Waals surface area contributed by atoms with Crippen LogP contribution < -0.4 is 16.0 Å². The number of hydrogen-bond acceptors (Lipinski definition) is 6. The maximum Gasteiger partial charge on any atom is 0.320 e. The number of sulfone groups is 1. The molecule has 0 unspecified atom stereocenters. The minimum absolute atomic E-state index is 0.0491. The van der Waals surface area contributed by atoms with Crippen molar-refractivity contribution in [1.29, 1.82) is 0 Å². The highest BCUT2D eigenvalue weighted by Gasteiger charge is 2.32. The van der Waals surface area contributed by atoms with E-state index in [2.05, 4.69) is 16.0 Å². The van der Waals surface area contributed by atoms with Gasteiger partial charge in [0.2, 0.25) is 11.8 Å². The van der Waals surface area contributed by atoms with Gasteiger partial charge >= 0.3 is 5.97 Å². The van der Waals surface area contributed by atoms with Crippen LogP contribution in [-0.4, -0.2) is 55.2 Å². The second kappa shape index (κ2) is 13.0. The van der Waals surface area contributed by atoms with Gasteiger partial charge in [-0.3, -0.25) is 19.7 Å². The number of carbonyl (C=O) groups is 3. The predicted octanol–water partition coefficient (Wildman–Crippen LogP) is 2.20. The van der Waals surface area contributed by atoms with E-state index in [9.17, 15) is 27.9 Å². The Morgan fingerprint density at radius 2 is 1.43 bits per heavy atom. The highest BCUT2D eigenvalue weighted by molar-refractivity contribution is 7.90. The predicted molar refractivity (Wildman–Crippen MR) is 134 cm³/mol. The fraction of sp³-hybridized carbons (Fsp3) is 0.400. The van der Waals surface area contributed by atoms with Crippen molar-refractivity contribution in [2.24, 2.45) is 5.92 Å². The lowest BCUT2D eigenvalue weighted by atomic mass is 10.0. The van der Waals surface area contributed by atoms with Crippen molar-refractivity contribution in [2.75, 3.05) is 11.1 Å². The molecule has 10 heteroatoms. The molecular formula is C25H33N3O6S. The first-order chi connectivity index (χ1) is 16.5. The normalized spacial score (nSPS) is 14.1. The molecule has 0 radical (unpaired) electrons. The standard InChI is InChI=1S/C25H33N3O6S/c1-17(2)14-21(23(29)27-20-12-8-5-9-13-20)28-24(30)22(26-18(3)25(31)32)16-35(33,34)15-19-10-6-4-7-11-19/h4-13,17-18,21-22,26H,14-16H2,1-3H3,(H,27,29)(H,28,30)(H,31,32)/t18-,21+,22-/m1/s1. The molecule has 0 bridgehead atoms. The van der Waals surface area contributed by atoms with Crippen molar-refractivity contribution in [3.8, 4) is 0 Å². The molecule has 9 nitrogen and oxygen atoms in total. The summed E-state index contributed by atoms with van der Waals surface area (Å²) in [5, 5.41) is 17.2. The average Bonchev–Trinajstić information content (AvgIpc) is 2.78. The van der Waals surface area contributed by atoms with Crippen LogP contribution in [0.4, 0.5) is 5.69 Å². The maximum atomic E-state index is 13.2. The molecule has 190 valence electrons. The number of rotatable bonds is 13. The van der Waals surface area contributed by atoms with Gasteiger partial charge in [0.15, 0.2) is 9.84 Å². The summed E-state index contributed by atoms with van der Waals surface area (Å²) >= 11 is 0. The lowest BCUT2D eigenvalue weighted by Crippen LogP contribution is -2.56. The Hall–Kier alpha value is -3.24. The van der Waals surface area contributed by atoms with E-state index in [0.717, 1.165) is 0 Å². The van der Waals surface area contributed by atoms with Crippen molar-refractivity contribution < 1.29 is 27.9 Å². The first-order valence-electron chi connectivity index (χ1n) is 11.4. The zero-order valence-electron chi connectivity index (χ0n) is 20.1.